The number of para-hydroxylation sites is 1. The van der Waals surface area contributed by atoms with Gasteiger partial charge >= 0.3 is 5.97 Å². The van der Waals surface area contributed by atoms with Crippen LogP contribution < -0.4 is 0 Å². The lowest BCUT2D eigenvalue weighted by atomic mass is 10.2. The van der Waals surface area contributed by atoms with Crippen LogP contribution in [0.4, 0.5) is 5.69 Å². The van der Waals surface area contributed by atoms with Crippen molar-refractivity contribution in [1.82, 2.24) is 9.55 Å². The van der Waals surface area contributed by atoms with E-state index in [2.05, 4.69) is 31.1 Å². The SMILES string of the molecule is CCOC(=O)Cn1c(O)c(N=NC(=O)c2cncc(Br)c2)c2ccccc21. The second-order valence-corrected chi connectivity index (χ2v) is 6.39. The van der Waals surface area contributed by atoms with E-state index >= 15 is 0 Å². The minimum Gasteiger partial charge on any atom is -0.493 e. The van der Waals surface area contributed by atoms with Gasteiger partial charge in [-0.2, -0.15) is 0 Å². The highest BCUT2D eigenvalue weighted by Crippen LogP contribution is 2.38. The fraction of sp³-hybridized carbons (Fsp3) is 0.167. The Bertz CT molecular complexity index is 1050. The molecule has 2 aromatic heterocycles. The van der Waals surface area contributed by atoms with Crippen molar-refractivity contribution >= 4 is 44.4 Å². The second kappa shape index (κ2) is 8.09. The number of hydrogen-bond acceptors (Lipinski definition) is 6. The Kier molecular flexibility index (Phi) is 5.60. The fourth-order valence-corrected chi connectivity index (χ4v) is 2.91. The second-order valence-electron chi connectivity index (χ2n) is 5.48. The smallest absolute Gasteiger partial charge is 0.326 e. The lowest BCUT2D eigenvalue weighted by Gasteiger charge is -2.06. The Morgan fingerprint density at radius 2 is 2.07 bits per heavy atom. The number of pyridine rings is 1. The zero-order valence-corrected chi connectivity index (χ0v) is 15.9. The number of benzene rings is 1. The van der Waals surface area contributed by atoms with Crippen molar-refractivity contribution in [2.75, 3.05) is 6.61 Å². The average molecular weight is 431 g/mol. The molecule has 0 fully saturated rings. The number of azo groups is 1. The summed E-state index contributed by atoms with van der Waals surface area (Å²) in [6, 6.07) is 8.54. The Balaban J connectivity index is 1.98. The summed E-state index contributed by atoms with van der Waals surface area (Å²) in [4.78, 5) is 27.9. The number of carbonyl (C=O) groups is 2. The van der Waals surface area contributed by atoms with Crippen molar-refractivity contribution in [3.8, 4) is 5.88 Å². The van der Waals surface area contributed by atoms with E-state index in [0.29, 0.717) is 15.4 Å². The molecule has 3 rings (SSSR count). The number of carbonyl (C=O) groups excluding carboxylic acids is 2. The van der Waals surface area contributed by atoms with Gasteiger partial charge in [0.15, 0.2) is 5.69 Å². The van der Waals surface area contributed by atoms with Gasteiger partial charge in [-0.1, -0.05) is 18.2 Å². The number of halogens is 1. The van der Waals surface area contributed by atoms with Crippen molar-refractivity contribution in [1.29, 1.82) is 0 Å². The van der Waals surface area contributed by atoms with E-state index in [1.54, 1.807) is 43.5 Å². The molecule has 0 aliphatic carbocycles. The number of ether oxygens (including phenoxy) is 1. The van der Waals surface area contributed by atoms with Gasteiger partial charge in [0.25, 0.3) is 5.91 Å². The van der Waals surface area contributed by atoms with Crippen LogP contribution in [0.15, 0.2) is 57.4 Å². The van der Waals surface area contributed by atoms with Crippen LogP contribution in [0, 0.1) is 0 Å². The number of hydrogen-bond donors (Lipinski definition) is 1. The van der Waals surface area contributed by atoms with Gasteiger partial charge < -0.3 is 9.84 Å². The molecule has 138 valence electrons. The summed E-state index contributed by atoms with van der Waals surface area (Å²) in [7, 11) is 0. The summed E-state index contributed by atoms with van der Waals surface area (Å²) in [5.41, 5.74) is 0.933. The molecule has 8 nitrogen and oxygen atoms in total. The fourth-order valence-electron chi connectivity index (χ4n) is 2.55. The van der Waals surface area contributed by atoms with Crippen LogP contribution >= 0.6 is 15.9 Å². The van der Waals surface area contributed by atoms with Crippen LogP contribution in [0.1, 0.15) is 17.3 Å². The summed E-state index contributed by atoms with van der Waals surface area (Å²) >= 11 is 3.24. The third kappa shape index (κ3) is 4.03. The van der Waals surface area contributed by atoms with Gasteiger partial charge in [0.05, 0.1) is 17.7 Å². The average Bonchev–Trinajstić information content (AvgIpc) is 2.91. The summed E-state index contributed by atoms with van der Waals surface area (Å²) in [6.07, 6.45) is 2.92. The van der Waals surface area contributed by atoms with Crippen molar-refractivity contribution in [2.45, 2.75) is 13.5 Å². The Hall–Kier alpha value is -3.07. The van der Waals surface area contributed by atoms with Crippen LogP contribution in [-0.2, 0) is 16.1 Å². The van der Waals surface area contributed by atoms with Crippen LogP contribution in [0.3, 0.4) is 0 Å². The van der Waals surface area contributed by atoms with Gasteiger partial charge in [-0.15, -0.1) is 10.2 Å². The molecule has 0 radical (unpaired) electrons. The van der Waals surface area contributed by atoms with E-state index < -0.39 is 11.9 Å². The minimum absolute atomic E-state index is 0.103. The largest absolute Gasteiger partial charge is 0.493 e. The standard InChI is InChI=1S/C18H15BrN4O4/c1-2-27-15(24)10-23-14-6-4-3-5-13(14)16(18(23)26)21-22-17(25)11-7-12(19)9-20-8-11/h3-9,26H,2,10H2,1H3. The number of fused-ring (bicyclic) bond motifs is 1. The molecule has 9 heteroatoms. The van der Waals surface area contributed by atoms with E-state index in [1.807, 2.05) is 0 Å². The molecule has 0 spiro atoms. The van der Waals surface area contributed by atoms with Crippen molar-refractivity contribution in [3.63, 3.8) is 0 Å². The molecule has 3 aromatic rings. The quantitative estimate of drug-likeness (QED) is 0.486. The van der Waals surface area contributed by atoms with Gasteiger partial charge in [-0.05, 0) is 35.0 Å². The zero-order chi connectivity index (χ0) is 19.4. The molecule has 0 bridgehead atoms. The van der Waals surface area contributed by atoms with Crippen molar-refractivity contribution in [3.05, 3.63) is 52.8 Å². The van der Waals surface area contributed by atoms with Crippen LogP contribution in [0.2, 0.25) is 0 Å². The normalized spacial score (nSPS) is 11.2. The lowest BCUT2D eigenvalue weighted by molar-refractivity contribution is -0.143. The first-order chi connectivity index (χ1) is 13.0. The van der Waals surface area contributed by atoms with Gasteiger partial charge in [-0.3, -0.25) is 19.1 Å². The van der Waals surface area contributed by atoms with Crippen molar-refractivity contribution < 1.29 is 19.4 Å². The maximum atomic E-state index is 12.2. The molecule has 27 heavy (non-hydrogen) atoms. The molecule has 0 aliphatic rings. The highest BCUT2D eigenvalue weighted by molar-refractivity contribution is 9.10. The number of aromatic nitrogens is 2. The molecular weight excluding hydrogens is 416 g/mol. The maximum Gasteiger partial charge on any atom is 0.326 e. The number of rotatable bonds is 5. The van der Waals surface area contributed by atoms with Crippen LogP contribution in [-0.4, -0.2) is 33.1 Å². The lowest BCUT2D eigenvalue weighted by Crippen LogP contribution is -2.12. The van der Waals surface area contributed by atoms with E-state index in [-0.39, 0.29) is 30.3 Å². The summed E-state index contributed by atoms with van der Waals surface area (Å²) < 4.78 is 6.94. The molecule has 0 saturated heterocycles. The zero-order valence-electron chi connectivity index (χ0n) is 14.3. The Morgan fingerprint density at radius 1 is 1.30 bits per heavy atom. The van der Waals surface area contributed by atoms with E-state index in [4.69, 9.17) is 4.74 Å². The van der Waals surface area contributed by atoms with Crippen LogP contribution in [0.5, 0.6) is 5.88 Å². The number of nitrogens with zero attached hydrogens (tertiary/aromatic N) is 4. The van der Waals surface area contributed by atoms with Gasteiger partial charge in [0.2, 0.25) is 5.88 Å². The molecule has 0 saturated carbocycles. The molecule has 1 N–H and O–H groups in total. The third-order valence-corrected chi connectivity index (χ3v) is 4.14. The summed E-state index contributed by atoms with van der Waals surface area (Å²) in [5.74, 6) is -1.37. The number of esters is 1. The maximum absolute atomic E-state index is 12.2. The van der Waals surface area contributed by atoms with Gasteiger partial charge in [0, 0.05) is 22.3 Å². The summed E-state index contributed by atoms with van der Waals surface area (Å²) in [5, 5.41) is 18.7. The summed E-state index contributed by atoms with van der Waals surface area (Å²) in [6.45, 7) is 1.76. The Labute approximate surface area is 162 Å². The van der Waals surface area contributed by atoms with Crippen LogP contribution in [0.25, 0.3) is 10.9 Å². The number of amides is 1. The first kappa shape index (κ1) is 18.7. The minimum atomic E-state index is -0.606. The highest BCUT2D eigenvalue weighted by atomic mass is 79.9. The molecule has 2 heterocycles. The van der Waals surface area contributed by atoms with Gasteiger partial charge in [0.1, 0.15) is 6.54 Å². The topological polar surface area (TPSA) is 106 Å². The molecule has 0 aliphatic heterocycles. The van der Waals surface area contributed by atoms with Gasteiger partial charge in [-0.25, -0.2) is 0 Å². The monoisotopic (exact) mass is 430 g/mol. The molecule has 1 aromatic carbocycles. The Morgan fingerprint density at radius 3 is 2.81 bits per heavy atom. The number of aromatic hydroxyl groups is 1. The first-order valence-corrected chi connectivity index (χ1v) is 8.83. The van der Waals surface area contributed by atoms with Crippen molar-refractivity contribution in [2.24, 2.45) is 10.2 Å². The first-order valence-electron chi connectivity index (χ1n) is 8.03. The molecule has 0 unspecified atom stereocenters. The molecule has 1 amide bonds. The molecule has 0 atom stereocenters. The third-order valence-electron chi connectivity index (χ3n) is 3.70. The predicted molar refractivity (Wildman–Crippen MR) is 101 cm³/mol. The predicted octanol–water partition coefficient (Wildman–Crippen LogP) is 3.99. The molecular formula is C18H15BrN4O4. The van der Waals surface area contributed by atoms with E-state index in [9.17, 15) is 14.7 Å². The highest BCUT2D eigenvalue weighted by Gasteiger charge is 2.19. The van der Waals surface area contributed by atoms with E-state index in [1.165, 1.54) is 10.8 Å². The van der Waals surface area contributed by atoms with E-state index in [0.717, 1.165) is 0 Å².